The Morgan fingerprint density at radius 2 is 1.94 bits per heavy atom. The van der Waals surface area contributed by atoms with Gasteiger partial charge in [-0.25, -0.2) is 8.42 Å². The predicted molar refractivity (Wildman–Crippen MR) is 66.9 cm³/mol. The second-order valence-corrected chi connectivity index (χ2v) is 5.71. The molecule has 5 nitrogen and oxygen atoms in total. The summed E-state index contributed by atoms with van der Waals surface area (Å²) < 4.78 is 30.5. The molecule has 1 rings (SSSR count). The van der Waals surface area contributed by atoms with Crippen molar-refractivity contribution in [3.63, 3.8) is 0 Å². The van der Waals surface area contributed by atoms with Gasteiger partial charge in [0.25, 0.3) is 0 Å². The van der Waals surface area contributed by atoms with E-state index in [0.29, 0.717) is 16.8 Å². The first kappa shape index (κ1) is 13.8. The topological polar surface area (TPSA) is 75.6 Å². The molecular formula is C11H17NO4S. The van der Waals surface area contributed by atoms with E-state index in [1.54, 1.807) is 19.9 Å². The Kier molecular flexibility index (Phi) is 4.36. The molecule has 0 aliphatic heterocycles. The molecule has 0 aromatic heterocycles. The molecule has 0 atom stereocenters. The van der Waals surface area contributed by atoms with Gasteiger partial charge in [0.1, 0.15) is 5.75 Å². The van der Waals surface area contributed by atoms with E-state index in [-0.39, 0.29) is 18.1 Å². The van der Waals surface area contributed by atoms with Crippen molar-refractivity contribution in [2.75, 3.05) is 24.2 Å². The third-order valence-electron chi connectivity index (χ3n) is 2.36. The van der Waals surface area contributed by atoms with E-state index >= 15 is 0 Å². The molecule has 17 heavy (non-hydrogen) atoms. The predicted octanol–water partition coefficient (Wildman–Crippen LogP) is 1.40. The number of rotatable bonds is 5. The molecule has 0 aliphatic carbocycles. The summed E-state index contributed by atoms with van der Waals surface area (Å²) in [6.07, 6.45) is 0. The molecule has 0 aliphatic rings. The van der Waals surface area contributed by atoms with Gasteiger partial charge in [-0.1, -0.05) is 0 Å². The molecule has 1 aromatic carbocycles. The second-order valence-electron chi connectivity index (χ2n) is 3.87. The summed E-state index contributed by atoms with van der Waals surface area (Å²) in [6, 6.07) is 3.14. The molecule has 0 saturated carbocycles. The number of methoxy groups -OCH3 is 1. The first-order chi connectivity index (χ1) is 7.85. The SMILES string of the molecule is COCCS(=O)(=O)Nc1cc(C)c(O)cc1C. The van der Waals surface area contributed by atoms with Crippen molar-refractivity contribution in [1.29, 1.82) is 0 Å². The number of sulfonamides is 1. The Hall–Kier alpha value is -1.27. The molecule has 1 aromatic rings. The molecule has 0 bridgehead atoms. The van der Waals surface area contributed by atoms with E-state index in [0.717, 1.165) is 0 Å². The highest BCUT2D eigenvalue weighted by Gasteiger charge is 2.12. The number of ether oxygens (including phenoxy) is 1. The summed E-state index contributed by atoms with van der Waals surface area (Å²) in [4.78, 5) is 0. The van der Waals surface area contributed by atoms with E-state index in [1.807, 2.05) is 0 Å². The Morgan fingerprint density at radius 3 is 2.53 bits per heavy atom. The van der Waals surface area contributed by atoms with E-state index in [2.05, 4.69) is 4.72 Å². The van der Waals surface area contributed by atoms with Crippen LogP contribution in [0.1, 0.15) is 11.1 Å². The van der Waals surface area contributed by atoms with Gasteiger partial charge >= 0.3 is 0 Å². The van der Waals surface area contributed by atoms with Crippen LogP contribution < -0.4 is 4.72 Å². The lowest BCUT2D eigenvalue weighted by Crippen LogP contribution is -2.20. The minimum atomic E-state index is -3.41. The van der Waals surface area contributed by atoms with Crippen LogP contribution in [0.15, 0.2) is 12.1 Å². The number of phenolic OH excluding ortho intramolecular Hbond substituents is 1. The molecule has 0 heterocycles. The highest BCUT2D eigenvalue weighted by Crippen LogP contribution is 2.25. The number of phenols is 1. The fourth-order valence-electron chi connectivity index (χ4n) is 1.32. The van der Waals surface area contributed by atoms with Gasteiger partial charge in [0.15, 0.2) is 0 Å². The van der Waals surface area contributed by atoms with Crippen molar-refractivity contribution in [2.45, 2.75) is 13.8 Å². The zero-order valence-electron chi connectivity index (χ0n) is 10.1. The van der Waals surface area contributed by atoms with E-state index in [4.69, 9.17) is 4.74 Å². The lowest BCUT2D eigenvalue weighted by Gasteiger charge is -2.12. The first-order valence-electron chi connectivity index (χ1n) is 5.15. The maximum absolute atomic E-state index is 11.7. The quantitative estimate of drug-likeness (QED) is 0.784. The lowest BCUT2D eigenvalue weighted by molar-refractivity contribution is 0.217. The largest absolute Gasteiger partial charge is 0.508 e. The van der Waals surface area contributed by atoms with Crippen molar-refractivity contribution in [3.05, 3.63) is 23.3 Å². The molecule has 0 spiro atoms. The summed E-state index contributed by atoms with van der Waals surface area (Å²) in [7, 11) is -1.96. The number of aryl methyl sites for hydroxylation is 2. The Labute approximate surface area is 101 Å². The zero-order chi connectivity index (χ0) is 13.1. The van der Waals surface area contributed by atoms with Crippen LogP contribution in [0.5, 0.6) is 5.75 Å². The molecule has 0 radical (unpaired) electrons. The fourth-order valence-corrected chi connectivity index (χ4v) is 2.37. The monoisotopic (exact) mass is 259 g/mol. The summed E-state index contributed by atoms with van der Waals surface area (Å²) in [5.41, 5.74) is 1.78. The van der Waals surface area contributed by atoms with Crippen LogP contribution in [0.25, 0.3) is 0 Å². The normalized spacial score (nSPS) is 11.5. The summed E-state index contributed by atoms with van der Waals surface area (Å²) in [5, 5.41) is 9.47. The molecule has 0 saturated heterocycles. The number of aromatic hydroxyl groups is 1. The van der Waals surface area contributed by atoms with Gasteiger partial charge in [-0.05, 0) is 37.1 Å². The third-order valence-corrected chi connectivity index (χ3v) is 3.60. The standard InChI is InChI=1S/C11H17NO4S/c1-8-7-11(13)9(2)6-10(8)12-17(14,15)5-4-16-3/h6-7,12-13H,4-5H2,1-3H3. The van der Waals surface area contributed by atoms with Crippen LogP contribution in [-0.2, 0) is 14.8 Å². The molecule has 0 fully saturated rings. The van der Waals surface area contributed by atoms with Gasteiger partial charge in [0.05, 0.1) is 18.0 Å². The molecule has 2 N–H and O–H groups in total. The Morgan fingerprint density at radius 1 is 1.29 bits per heavy atom. The summed E-state index contributed by atoms with van der Waals surface area (Å²) >= 11 is 0. The van der Waals surface area contributed by atoms with Crippen LogP contribution in [0.4, 0.5) is 5.69 Å². The van der Waals surface area contributed by atoms with Crippen LogP contribution >= 0.6 is 0 Å². The first-order valence-corrected chi connectivity index (χ1v) is 6.80. The maximum atomic E-state index is 11.7. The number of hydrogen-bond donors (Lipinski definition) is 2. The minimum absolute atomic E-state index is 0.0944. The Balaban J connectivity index is 2.92. The number of nitrogens with one attached hydrogen (secondary N) is 1. The van der Waals surface area contributed by atoms with Gasteiger partial charge < -0.3 is 9.84 Å². The van der Waals surface area contributed by atoms with Crippen LogP contribution in [0.3, 0.4) is 0 Å². The van der Waals surface area contributed by atoms with Crippen molar-refractivity contribution in [1.82, 2.24) is 0 Å². The van der Waals surface area contributed by atoms with Crippen molar-refractivity contribution in [3.8, 4) is 5.75 Å². The van der Waals surface area contributed by atoms with E-state index in [1.165, 1.54) is 13.2 Å². The zero-order valence-corrected chi connectivity index (χ0v) is 11.0. The maximum Gasteiger partial charge on any atom is 0.235 e. The van der Waals surface area contributed by atoms with Crippen molar-refractivity contribution >= 4 is 15.7 Å². The summed E-state index contributed by atoms with van der Waals surface area (Å²) in [5.74, 6) is 0.0606. The molecule has 0 unspecified atom stereocenters. The molecular weight excluding hydrogens is 242 g/mol. The smallest absolute Gasteiger partial charge is 0.235 e. The number of hydrogen-bond acceptors (Lipinski definition) is 4. The fraction of sp³-hybridized carbons (Fsp3) is 0.455. The van der Waals surface area contributed by atoms with Gasteiger partial charge in [-0.3, -0.25) is 4.72 Å². The average Bonchev–Trinajstić information content (AvgIpc) is 2.23. The molecule has 6 heteroatoms. The van der Waals surface area contributed by atoms with Gasteiger partial charge in [-0.2, -0.15) is 0 Å². The Bertz CT molecular complexity index is 496. The molecule has 96 valence electrons. The van der Waals surface area contributed by atoms with Crippen LogP contribution in [0, 0.1) is 13.8 Å². The van der Waals surface area contributed by atoms with Gasteiger partial charge in [-0.15, -0.1) is 0 Å². The average molecular weight is 259 g/mol. The van der Waals surface area contributed by atoms with Gasteiger partial charge in [0, 0.05) is 7.11 Å². The van der Waals surface area contributed by atoms with Crippen molar-refractivity contribution in [2.24, 2.45) is 0 Å². The summed E-state index contributed by atoms with van der Waals surface area (Å²) in [6.45, 7) is 3.58. The second kappa shape index (κ2) is 5.37. The lowest BCUT2D eigenvalue weighted by atomic mass is 10.1. The van der Waals surface area contributed by atoms with E-state index < -0.39 is 10.0 Å². The third kappa shape index (κ3) is 3.90. The van der Waals surface area contributed by atoms with Crippen LogP contribution in [0.2, 0.25) is 0 Å². The van der Waals surface area contributed by atoms with Gasteiger partial charge in [0.2, 0.25) is 10.0 Å². The van der Waals surface area contributed by atoms with Crippen molar-refractivity contribution < 1.29 is 18.3 Å². The minimum Gasteiger partial charge on any atom is -0.508 e. The number of anilines is 1. The van der Waals surface area contributed by atoms with E-state index in [9.17, 15) is 13.5 Å². The molecule has 0 amide bonds. The van der Waals surface area contributed by atoms with Crippen LogP contribution in [-0.4, -0.2) is 33.0 Å². The highest BCUT2D eigenvalue weighted by atomic mass is 32.2. The number of benzene rings is 1. The highest BCUT2D eigenvalue weighted by molar-refractivity contribution is 7.92.